The zero-order valence-corrected chi connectivity index (χ0v) is 11.2. The molecule has 0 fully saturated rings. The number of thiophene rings is 1. The van der Waals surface area contributed by atoms with Crippen molar-refractivity contribution >= 4 is 35.0 Å². The van der Waals surface area contributed by atoms with Gasteiger partial charge < -0.3 is 10.8 Å². The van der Waals surface area contributed by atoms with Crippen molar-refractivity contribution < 1.29 is 9.90 Å². The number of hydrogen-bond donors (Lipinski definition) is 2. The zero-order valence-electron chi connectivity index (χ0n) is 9.61. The number of rotatable bonds is 5. The molecular weight excluding hydrogens is 272 g/mol. The van der Waals surface area contributed by atoms with E-state index in [0.717, 1.165) is 17.3 Å². The summed E-state index contributed by atoms with van der Waals surface area (Å²) < 4.78 is 1.75. The molecule has 6 nitrogen and oxygen atoms in total. The fourth-order valence-corrected chi connectivity index (χ4v) is 3.03. The van der Waals surface area contributed by atoms with E-state index in [1.165, 1.54) is 0 Å². The van der Waals surface area contributed by atoms with E-state index < -0.39 is 5.97 Å². The first-order valence-corrected chi connectivity index (χ1v) is 7.09. The molecule has 1 unspecified atom stereocenters. The van der Waals surface area contributed by atoms with Gasteiger partial charge in [0.05, 0.1) is 11.8 Å². The summed E-state index contributed by atoms with van der Waals surface area (Å²) in [5.74, 6) is -0.660. The van der Waals surface area contributed by atoms with Crippen LogP contribution in [0.4, 0.5) is 5.95 Å². The van der Waals surface area contributed by atoms with Crippen molar-refractivity contribution in [3.05, 3.63) is 22.4 Å². The fraction of sp³-hybridized carbons (Fsp3) is 0.300. The SMILES string of the molecule is CC(c1ccsc1)n1c(N)nnc1SCC(=O)O. The van der Waals surface area contributed by atoms with Gasteiger partial charge in [-0.25, -0.2) is 0 Å². The van der Waals surface area contributed by atoms with Gasteiger partial charge in [-0.3, -0.25) is 9.36 Å². The summed E-state index contributed by atoms with van der Waals surface area (Å²) in [5, 5.41) is 20.9. The Morgan fingerprint density at radius 2 is 2.44 bits per heavy atom. The maximum atomic E-state index is 10.6. The van der Waals surface area contributed by atoms with Gasteiger partial charge in [0.2, 0.25) is 5.95 Å². The van der Waals surface area contributed by atoms with Crippen molar-refractivity contribution in [1.29, 1.82) is 0 Å². The minimum absolute atomic E-state index is 0.0115. The van der Waals surface area contributed by atoms with Crippen molar-refractivity contribution in [3.8, 4) is 0 Å². The summed E-state index contributed by atoms with van der Waals surface area (Å²) in [6.45, 7) is 1.98. The molecule has 0 aliphatic heterocycles. The van der Waals surface area contributed by atoms with E-state index in [-0.39, 0.29) is 11.8 Å². The van der Waals surface area contributed by atoms with Gasteiger partial charge in [0.15, 0.2) is 5.16 Å². The maximum Gasteiger partial charge on any atom is 0.313 e. The molecule has 0 saturated heterocycles. The number of thioether (sulfide) groups is 1. The lowest BCUT2D eigenvalue weighted by atomic mass is 10.2. The number of anilines is 1. The van der Waals surface area contributed by atoms with Gasteiger partial charge in [0, 0.05) is 0 Å². The van der Waals surface area contributed by atoms with Crippen molar-refractivity contribution in [2.45, 2.75) is 18.1 Å². The van der Waals surface area contributed by atoms with Crippen LogP contribution in [0.3, 0.4) is 0 Å². The monoisotopic (exact) mass is 284 g/mol. The normalized spacial score (nSPS) is 12.5. The second kappa shape index (κ2) is 5.40. The summed E-state index contributed by atoms with van der Waals surface area (Å²) in [5.41, 5.74) is 6.89. The Bertz CT molecular complexity index is 538. The van der Waals surface area contributed by atoms with Crippen LogP contribution in [0.5, 0.6) is 0 Å². The van der Waals surface area contributed by atoms with Crippen LogP contribution >= 0.6 is 23.1 Å². The molecule has 2 aromatic heterocycles. The lowest BCUT2D eigenvalue weighted by molar-refractivity contribution is -0.133. The third kappa shape index (κ3) is 2.65. The molecule has 8 heteroatoms. The predicted octanol–water partition coefficient (Wildman–Crippen LogP) is 1.71. The van der Waals surface area contributed by atoms with Crippen LogP contribution in [0.15, 0.2) is 22.0 Å². The molecule has 2 rings (SSSR count). The number of nitrogens with zero attached hydrogens (tertiary/aromatic N) is 3. The molecule has 3 N–H and O–H groups in total. The van der Waals surface area contributed by atoms with E-state index in [2.05, 4.69) is 10.2 Å². The Balaban J connectivity index is 2.26. The van der Waals surface area contributed by atoms with E-state index in [9.17, 15) is 4.79 Å². The highest BCUT2D eigenvalue weighted by atomic mass is 32.2. The van der Waals surface area contributed by atoms with Crippen LogP contribution in [0, 0.1) is 0 Å². The molecule has 0 aliphatic carbocycles. The predicted molar refractivity (Wildman–Crippen MR) is 70.9 cm³/mol. The van der Waals surface area contributed by atoms with Crippen LogP contribution in [0.1, 0.15) is 18.5 Å². The summed E-state index contributed by atoms with van der Waals surface area (Å²) in [6.07, 6.45) is 0. The van der Waals surface area contributed by atoms with Crippen molar-refractivity contribution in [1.82, 2.24) is 14.8 Å². The first-order chi connectivity index (χ1) is 8.59. The number of hydrogen-bond acceptors (Lipinski definition) is 6. The summed E-state index contributed by atoms with van der Waals surface area (Å²) in [7, 11) is 0. The molecule has 0 aromatic carbocycles. The van der Waals surface area contributed by atoms with Crippen molar-refractivity contribution in [3.63, 3.8) is 0 Å². The molecular formula is C10H12N4O2S2. The highest BCUT2D eigenvalue weighted by Crippen LogP contribution is 2.28. The highest BCUT2D eigenvalue weighted by Gasteiger charge is 2.18. The number of aliphatic carboxylic acids is 1. The number of nitrogen functional groups attached to an aromatic ring is 1. The van der Waals surface area contributed by atoms with Gasteiger partial charge in [-0.05, 0) is 29.3 Å². The minimum Gasteiger partial charge on any atom is -0.481 e. The fourth-order valence-electron chi connectivity index (χ4n) is 1.54. The number of carbonyl (C=O) groups is 1. The molecule has 96 valence electrons. The van der Waals surface area contributed by atoms with E-state index in [1.807, 2.05) is 23.8 Å². The molecule has 0 amide bonds. The number of carboxylic acids is 1. The van der Waals surface area contributed by atoms with E-state index in [1.54, 1.807) is 15.9 Å². The Morgan fingerprint density at radius 3 is 3.06 bits per heavy atom. The topological polar surface area (TPSA) is 94.0 Å². The highest BCUT2D eigenvalue weighted by molar-refractivity contribution is 7.99. The smallest absolute Gasteiger partial charge is 0.313 e. The first kappa shape index (κ1) is 12.9. The second-order valence-electron chi connectivity index (χ2n) is 3.63. The zero-order chi connectivity index (χ0) is 13.1. The number of nitrogens with two attached hydrogens (primary N) is 1. The summed E-state index contributed by atoms with van der Waals surface area (Å²) >= 11 is 2.71. The molecule has 18 heavy (non-hydrogen) atoms. The second-order valence-corrected chi connectivity index (χ2v) is 5.35. The first-order valence-electron chi connectivity index (χ1n) is 5.16. The molecule has 2 aromatic rings. The third-order valence-corrected chi connectivity index (χ3v) is 4.06. The molecule has 0 saturated carbocycles. The maximum absolute atomic E-state index is 10.6. The van der Waals surface area contributed by atoms with Gasteiger partial charge in [-0.15, -0.1) is 10.2 Å². The average Bonchev–Trinajstić information content (AvgIpc) is 2.94. The van der Waals surface area contributed by atoms with Crippen molar-refractivity contribution in [2.24, 2.45) is 0 Å². The molecule has 0 aliphatic rings. The largest absolute Gasteiger partial charge is 0.481 e. The molecule has 0 radical (unpaired) electrons. The lowest BCUT2D eigenvalue weighted by Gasteiger charge is -2.14. The standard InChI is InChI=1S/C10H12N4O2S2/c1-6(7-2-3-17-4-7)14-9(11)12-13-10(14)18-5-8(15)16/h2-4,6H,5H2,1H3,(H2,11,12)(H,15,16). The van der Waals surface area contributed by atoms with Crippen LogP contribution in [0.25, 0.3) is 0 Å². The van der Waals surface area contributed by atoms with Gasteiger partial charge in [-0.1, -0.05) is 11.8 Å². The van der Waals surface area contributed by atoms with Crippen LogP contribution in [0.2, 0.25) is 0 Å². The Kier molecular flexibility index (Phi) is 3.87. The van der Waals surface area contributed by atoms with Crippen molar-refractivity contribution in [2.75, 3.05) is 11.5 Å². The Morgan fingerprint density at radius 1 is 1.67 bits per heavy atom. The minimum atomic E-state index is -0.892. The van der Waals surface area contributed by atoms with Gasteiger partial charge in [0.1, 0.15) is 0 Å². The van der Waals surface area contributed by atoms with Crippen LogP contribution in [-0.4, -0.2) is 31.6 Å². The average molecular weight is 284 g/mol. The Labute approximate surface area is 112 Å². The third-order valence-electron chi connectivity index (χ3n) is 2.43. The quantitative estimate of drug-likeness (QED) is 0.812. The number of aromatic nitrogens is 3. The van der Waals surface area contributed by atoms with E-state index >= 15 is 0 Å². The lowest BCUT2D eigenvalue weighted by Crippen LogP contribution is -2.11. The van der Waals surface area contributed by atoms with E-state index in [4.69, 9.17) is 10.8 Å². The molecule has 2 heterocycles. The number of carboxylic acid groups (broad SMARTS) is 1. The Hall–Kier alpha value is -1.54. The van der Waals surface area contributed by atoms with Gasteiger partial charge in [-0.2, -0.15) is 11.3 Å². The van der Waals surface area contributed by atoms with Crippen LogP contribution < -0.4 is 5.73 Å². The summed E-state index contributed by atoms with van der Waals surface area (Å²) in [4.78, 5) is 10.6. The van der Waals surface area contributed by atoms with Gasteiger partial charge >= 0.3 is 5.97 Å². The van der Waals surface area contributed by atoms with Gasteiger partial charge in [0.25, 0.3) is 0 Å². The van der Waals surface area contributed by atoms with Crippen LogP contribution in [-0.2, 0) is 4.79 Å². The molecule has 0 bridgehead atoms. The van der Waals surface area contributed by atoms with E-state index in [0.29, 0.717) is 11.1 Å². The molecule has 0 spiro atoms. The summed E-state index contributed by atoms with van der Waals surface area (Å²) in [6, 6.07) is 1.99. The molecule has 1 atom stereocenters.